The molecule has 0 fully saturated rings. The Kier molecular flexibility index (Phi) is 9.29. The van der Waals surface area contributed by atoms with Gasteiger partial charge in [0.25, 0.3) is 0 Å². The molecule has 3 rings (SSSR count). The molecule has 0 aliphatic carbocycles. The zero-order valence-corrected chi connectivity index (χ0v) is 20.7. The van der Waals surface area contributed by atoms with Gasteiger partial charge in [-0.2, -0.15) is 0 Å². The summed E-state index contributed by atoms with van der Waals surface area (Å²) in [5, 5.41) is 5.78. The van der Waals surface area contributed by atoms with Gasteiger partial charge in [-0.15, -0.1) is 11.8 Å². The van der Waals surface area contributed by atoms with Gasteiger partial charge < -0.3 is 25.0 Å². The molecule has 2 N–H and O–H groups in total. The average molecular weight is 492 g/mol. The fourth-order valence-corrected chi connectivity index (χ4v) is 4.73. The lowest BCUT2D eigenvalue weighted by atomic mass is 10.2. The SMILES string of the molecule is CCN(CC)CCOc1ccc(CNC(=O)CC2Sc3ccc(Cl)cc3NC2=O)cc1OC. The number of halogens is 1. The van der Waals surface area contributed by atoms with Crippen LogP contribution in [-0.4, -0.2) is 55.3 Å². The van der Waals surface area contributed by atoms with E-state index in [0.29, 0.717) is 35.4 Å². The van der Waals surface area contributed by atoms with Gasteiger partial charge in [-0.05, 0) is 49.0 Å². The maximum Gasteiger partial charge on any atom is 0.238 e. The molecule has 1 aliphatic heterocycles. The highest BCUT2D eigenvalue weighted by Gasteiger charge is 2.29. The molecule has 0 radical (unpaired) electrons. The molecule has 2 aromatic rings. The number of nitrogens with zero attached hydrogens (tertiary/aromatic N) is 1. The van der Waals surface area contributed by atoms with Crippen molar-refractivity contribution in [3.05, 3.63) is 47.0 Å². The van der Waals surface area contributed by atoms with Crippen LogP contribution in [0, 0.1) is 0 Å². The van der Waals surface area contributed by atoms with Gasteiger partial charge in [0.2, 0.25) is 11.8 Å². The Labute approximate surface area is 204 Å². The van der Waals surface area contributed by atoms with Crippen LogP contribution in [0.5, 0.6) is 11.5 Å². The highest BCUT2D eigenvalue weighted by molar-refractivity contribution is 8.01. The van der Waals surface area contributed by atoms with Crippen molar-refractivity contribution in [2.24, 2.45) is 0 Å². The van der Waals surface area contributed by atoms with Gasteiger partial charge in [-0.3, -0.25) is 9.59 Å². The number of ether oxygens (including phenoxy) is 2. The van der Waals surface area contributed by atoms with E-state index < -0.39 is 5.25 Å². The lowest BCUT2D eigenvalue weighted by Crippen LogP contribution is -2.34. The van der Waals surface area contributed by atoms with Crippen LogP contribution in [0.25, 0.3) is 0 Å². The van der Waals surface area contributed by atoms with Crippen molar-refractivity contribution in [1.29, 1.82) is 0 Å². The number of thioether (sulfide) groups is 1. The molecule has 33 heavy (non-hydrogen) atoms. The number of fused-ring (bicyclic) bond motifs is 1. The van der Waals surface area contributed by atoms with E-state index in [0.717, 1.165) is 30.1 Å². The van der Waals surface area contributed by atoms with Crippen molar-refractivity contribution < 1.29 is 19.1 Å². The predicted octanol–water partition coefficient (Wildman–Crippen LogP) is 4.19. The van der Waals surface area contributed by atoms with Crippen LogP contribution in [0.3, 0.4) is 0 Å². The summed E-state index contributed by atoms with van der Waals surface area (Å²) >= 11 is 7.35. The Morgan fingerprint density at radius 2 is 1.97 bits per heavy atom. The summed E-state index contributed by atoms with van der Waals surface area (Å²) in [4.78, 5) is 28.1. The van der Waals surface area contributed by atoms with E-state index in [1.807, 2.05) is 24.3 Å². The Hall–Kier alpha value is -2.42. The molecule has 0 spiro atoms. The molecule has 1 unspecified atom stereocenters. The number of hydrogen-bond donors (Lipinski definition) is 2. The number of nitrogens with one attached hydrogen (secondary N) is 2. The van der Waals surface area contributed by atoms with E-state index >= 15 is 0 Å². The molecule has 0 bridgehead atoms. The summed E-state index contributed by atoms with van der Waals surface area (Å²) < 4.78 is 11.3. The quantitative estimate of drug-likeness (QED) is 0.490. The molecule has 0 saturated heterocycles. The Morgan fingerprint density at radius 3 is 2.70 bits per heavy atom. The van der Waals surface area contributed by atoms with E-state index in [1.165, 1.54) is 11.8 Å². The number of amides is 2. The van der Waals surface area contributed by atoms with Gasteiger partial charge in [-0.25, -0.2) is 0 Å². The summed E-state index contributed by atoms with van der Waals surface area (Å²) in [5.41, 5.74) is 1.57. The minimum Gasteiger partial charge on any atom is -0.493 e. The number of benzene rings is 2. The summed E-state index contributed by atoms with van der Waals surface area (Å²) in [6, 6.07) is 10.9. The minimum absolute atomic E-state index is 0.0856. The molecule has 7 nitrogen and oxygen atoms in total. The number of rotatable bonds is 11. The maximum absolute atomic E-state index is 12.5. The number of carbonyl (C=O) groups excluding carboxylic acids is 2. The van der Waals surface area contributed by atoms with E-state index in [-0.39, 0.29) is 18.2 Å². The van der Waals surface area contributed by atoms with Gasteiger partial charge in [0.1, 0.15) is 6.61 Å². The van der Waals surface area contributed by atoms with Crippen molar-refractivity contribution in [2.45, 2.75) is 37.0 Å². The maximum atomic E-state index is 12.5. The van der Waals surface area contributed by atoms with Crippen LogP contribution in [0.2, 0.25) is 5.02 Å². The highest BCUT2D eigenvalue weighted by Crippen LogP contribution is 2.38. The van der Waals surface area contributed by atoms with Crippen molar-refractivity contribution >= 4 is 40.9 Å². The van der Waals surface area contributed by atoms with Crippen LogP contribution in [0.15, 0.2) is 41.3 Å². The van der Waals surface area contributed by atoms with Crippen molar-refractivity contribution in [1.82, 2.24) is 10.2 Å². The normalized spacial score (nSPS) is 15.1. The summed E-state index contributed by atoms with van der Waals surface area (Å²) in [7, 11) is 1.60. The molecule has 0 aromatic heterocycles. The molecule has 2 aromatic carbocycles. The van der Waals surface area contributed by atoms with Crippen LogP contribution in [-0.2, 0) is 16.1 Å². The van der Waals surface area contributed by atoms with Crippen LogP contribution >= 0.6 is 23.4 Å². The fraction of sp³-hybridized carbons (Fsp3) is 0.417. The first-order valence-electron chi connectivity index (χ1n) is 11.0. The summed E-state index contributed by atoms with van der Waals surface area (Å²) in [6.07, 6.45) is 0.0856. The second-order valence-electron chi connectivity index (χ2n) is 7.58. The molecule has 0 saturated carbocycles. The van der Waals surface area contributed by atoms with E-state index in [9.17, 15) is 9.59 Å². The zero-order valence-electron chi connectivity index (χ0n) is 19.2. The van der Waals surface area contributed by atoms with E-state index in [2.05, 4.69) is 29.4 Å². The lowest BCUT2D eigenvalue weighted by Gasteiger charge is -2.23. The summed E-state index contributed by atoms with van der Waals surface area (Å²) in [5.74, 6) is 0.906. The van der Waals surface area contributed by atoms with Crippen LogP contribution < -0.4 is 20.1 Å². The van der Waals surface area contributed by atoms with E-state index in [4.69, 9.17) is 21.1 Å². The minimum atomic E-state index is -0.491. The number of likely N-dealkylation sites (N-methyl/N-ethyl adjacent to an activating group) is 1. The Bertz CT molecular complexity index is 984. The first kappa shape index (κ1) is 25.2. The van der Waals surface area contributed by atoms with Crippen LogP contribution in [0.4, 0.5) is 5.69 Å². The second kappa shape index (κ2) is 12.2. The molecule has 178 valence electrons. The van der Waals surface area contributed by atoms with Crippen molar-refractivity contribution in [3.63, 3.8) is 0 Å². The second-order valence-corrected chi connectivity index (χ2v) is 9.26. The smallest absolute Gasteiger partial charge is 0.238 e. The lowest BCUT2D eigenvalue weighted by molar-refractivity contribution is -0.124. The standard InChI is InChI=1S/C24H30ClN3O4S/c1-4-28(5-2)10-11-32-19-8-6-16(12-20(19)31-3)15-26-23(29)14-22-24(30)27-18-13-17(25)7-9-21(18)33-22/h6-9,12-13,22H,4-5,10-11,14-15H2,1-3H3,(H,26,29)(H,27,30). The van der Waals surface area contributed by atoms with Crippen molar-refractivity contribution in [3.8, 4) is 11.5 Å². The first-order valence-corrected chi connectivity index (χ1v) is 12.2. The van der Waals surface area contributed by atoms with Crippen LogP contribution in [0.1, 0.15) is 25.8 Å². The average Bonchev–Trinajstić information content (AvgIpc) is 2.81. The zero-order chi connectivity index (χ0) is 23.8. The number of hydrogen-bond acceptors (Lipinski definition) is 6. The third-order valence-corrected chi connectivity index (χ3v) is 6.92. The molecular formula is C24H30ClN3O4S. The third-order valence-electron chi connectivity index (χ3n) is 5.41. The molecule has 1 aliphatic rings. The fourth-order valence-electron chi connectivity index (χ4n) is 3.46. The van der Waals surface area contributed by atoms with Gasteiger partial charge >= 0.3 is 0 Å². The topological polar surface area (TPSA) is 79.9 Å². The number of methoxy groups -OCH3 is 1. The van der Waals surface area contributed by atoms with Gasteiger partial charge in [0.15, 0.2) is 11.5 Å². The van der Waals surface area contributed by atoms with E-state index in [1.54, 1.807) is 19.2 Å². The molecule has 2 amide bonds. The van der Waals surface area contributed by atoms with Gasteiger partial charge in [0.05, 0.1) is 18.0 Å². The number of anilines is 1. The largest absolute Gasteiger partial charge is 0.493 e. The van der Waals surface area contributed by atoms with Gasteiger partial charge in [0, 0.05) is 29.4 Å². The first-order chi connectivity index (χ1) is 15.9. The van der Waals surface area contributed by atoms with Gasteiger partial charge in [-0.1, -0.05) is 31.5 Å². The number of carbonyl (C=O) groups is 2. The predicted molar refractivity (Wildman–Crippen MR) is 132 cm³/mol. The molecular weight excluding hydrogens is 462 g/mol. The monoisotopic (exact) mass is 491 g/mol. The third kappa shape index (κ3) is 7.03. The Balaban J connectivity index is 1.51. The molecule has 1 atom stereocenters. The molecule has 1 heterocycles. The Morgan fingerprint density at radius 1 is 1.18 bits per heavy atom. The van der Waals surface area contributed by atoms with Crippen molar-refractivity contribution in [2.75, 3.05) is 38.7 Å². The summed E-state index contributed by atoms with van der Waals surface area (Å²) in [6.45, 7) is 7.97. The highest BCUT2D eigenvalue weighted by atomic mass is 35.5. The molecule has 9 heteroatoms.